The van der Waals surface area contributed by atoms with Crippen LogP contribution in [0.15, 0.2) is 24.3 Å². The van der Waals surface area contributed by atoms with E-state index in [0.29, 0.717) is 13.0 Å². The fraction of sp³-hybridized carbons (Fsp3) is 0.273. The molecule has 0 spiro atoms. The Bertz CT molecular complexity index is 397. The van der Waals surface area contributed by atoms with Gasteiger partial charge in [0.05, 0.1) is 7.11 Å². The Kier molecular flexibility index (Phi) is 2.41. The molecule has 2 rings (SSSR count). The molecular formula is C11H11NO3. The minimum absolute atomic E-state index is 0.310. The van der Waals surface area contributed by atoms with E-state index in [1.54, 1.807) is 31.4 Å². The summed E-state index contributed by atoms with van der Waals surface area (Å²) in [5.74, 6) is 0.00251. The number of carbonyl (C=O) groups excluding carboxylic acids is 2. The minimum Gasteiger partial charge on any atom is -0.497 e. The highest BCUT2D eigenvalue weighted by Gasteiger charge is 2.29. The van der Waals surface area contributed by atoms with Gasteiger partial charge in [0.1, 0.15) is 5.75 Å². The van der Waals surface area contributed by atoms with E-state index < -0.39 is 5.91 Å². The molecule has 1 amide bonds. The van der Waals surface area contributed by atoms with E-state index in [0.717, 1.165) is 11.4 Å². The van der Waals surface area contributed by atoms with Gasteiger partial charge < -0.3 is 9.64 Å². The van der Waals surface area contributed by atoms with Crippen LogP contribution in [0.1, 0.15) is 6.42 Å². The molecule has 0 saturated carbocycles. The van der Waals surface area contributed by atoms with Gasteiger partial charge in [-0.2, -0.15) is 0 Å². The minimum atomic E-state index is -0.417. The zero-order valence-electron chi connectivity index (χ0n) is 8.40. The van der Waals surface area contributed by atoms with Crippen LogP contribution in [0.5, 0.6) is 5.75 Å². The maximum Gasteiger partial charge on any atom is 0.294 e. The second-order valence-corrected chi connectivity index (χ2v) is 3.33. The van der Waals surface area contributed by atoms with Gasteiger partial charge in [-0.15, -0.1) is 0 Å². The third-order valence-electron chi connectivity index (χ3n) is 2.43. The highest BCUT2D eigenvalue weighted by atomic mass is 16.5. The van der Waals surface area contributed by atoms with Crippen molar-refractivity contribution < 1.29 is 14.3 Å². The molecule has 4 heteroatoms. The molecule has 1 saturated heterocycles. The molecule has 0 unspecified atom stereocenters. The van der Waals surface area contributed by atoms with Crippen molar-refractivity contribution in [3.63, 3.8) is 0 Å². The molecular weight excluding hydrogens is 194 g/mol. The average Bonchev–Trinajstić information content (AvgIpc) is 2.60. The molecule has 0 N–H and O–H groups in total. The van der Waals surface area contributed by atoms with Crippen molar-refractivity contribution in [2.75, 3.05) is 18.6 Å². The fourth-order valence-corrected chi connectivity index (χ4v) is 1.58. The molecule has 1 aliphatic heterocycles. The van der Waals surface area contributed by atoms with E-state index in [-0.39, 0.29) is 5.78 Å². The van der Waals surface area contributed by atoms with Gasteiger partial charge in [0.15, 0.2) is 0 Å². The van der Waals surface area contributed by atoms with Crippen molar-refractivity contribution >= 4 is 17.4 Å². The molecule has 0 aromatic heterocycles. The van der Waals surface area contributed by atoms with Gasteiger partial charge in [-0.05, 0) is 24.3 Å². The molecule has 1 heterocycles. The maximum absolute atomic E-state index is 11.4. The summed E-state index contributed by atoms with van der Waals surface area (Å²) in [6, 6.07) is 7.08. The SMILES string of the molecule is COc1ccc(N2CCC(=O)C2=O)cc1. The summed E-state index contributed by atoms with van der Waals surface area (Å²) in [6.45, 7) is 0.476. The standard InChI is InChI=1S/C11H11NO3/c1-15-9-4-2-8(3-5-9)12-7-6-10(13)11(12)14/h2-5H,6-7H2,1H3. The van der Waals surface area contributed by atoms with Crippen LogP contribution < -0.4 is 9.64 Å². The highest BCUT2D eigenvalue weighted by molar-refractivity contribution is 6.43. The van der Waals surface area contributed by atoms with Crippen LogP contribution >= 0.6 is 0 Å². The molecule has 4 nitrogen and oxygen atoms in total. The molecule has 0 atom stereocenters. The van der Waals surface area contributed by atoms with Gasteiger partial charge >= 0.3 is 0 Å². The molecule has 0 radical (unpaired) electrons. The molecule has 0 bridgehead atoms. The summed E-state index contributed by atoms with van der Waals surface area (Å²) in [5, 5.41) is 0. The second kappa shape index (κ2) is 3.73. The average molecular weight is 205 g/mol. The summed E-state index contributed by atoms with van der Waals surface area (Å²) in [4.78, 5) is 24.0. The van der Waals surface area contributed by atoms with Gasteiger partial charge in [0.25, 0.3) is 5.91 Å². The first-order valence-electron chi connectivity index (χ1n) is 4.71. The zero-order valence-corrected chi connectivity index (χ0v) is 8.40. The van der Waals surface area contributed by atoms with Crippen LogP contribution in [0, 0.1) is 0 Å². The summed E-state index contributed by atoms with van der Waals surface area (Å²) in [6.07, 6.45) is 0.310. The number of carbonyl (C=O) groups is 2. The lowest BCUT2D eigenvalue weighted by molar-refractivity contribution is -0.133. The van der Waals surface area contributed by atoms with Gasteiger partial charge in [-0.1, -0.05) is 0 Å². The number of ether oxygens (including phenoxy) is 1. The second-order valence-electron chi connectivity index (χ2n) is 3.33. The monoisotopic (exact) mass is 205 g/mol. The highest BCUT2D eigenvalue weighted by Crippen LogP contribution is 2.22. The molecule has 1 aliphatic rings. The van der Waals surface area contributed by atoms with Gasteiger partial charge in [0, 0.05) is 18.7 Å². The van der Waals surface area contributed by atoms with Crippen molar-refractivity contribution in [2.24, 2.45) is 0 Å². The lowest BCUT2D eigenvalue weighted by Gasteiger charge is -2.14. The first kappa shape index (κ1) is 9.71. The lowest BCUT2D eigenvalue weighted by Crippen LogP contribution is -2.26. The van der Waals surface area contributed by atoms with Crippen molar-refractivity contribution in [1.82, 2.24) is 0 Å². The van der Waals surface area contributed by atoms with E-state index in [2.05, 4.69) is 0 Å². The van der Waals surface area contributed by atoms with Crippen molar-refractivity contribution in [3.05, 3.63) is 24.3 Å². The number of amides is 1. The van der Waals surface area contributed by atoms with E-state index in [1.165, 1.54) is 4.90 Å². The van der Waals surface area contributed by atoms with E-state index in [1.807, 2.05) is 0 Å². The number of hydrogen-bond acceptors (Lipinski definition) is 3. The first-order valence-corrected chi connectivity index (χ1v) is 4.71. The molecule has 1 aromatic carbocycles. The number of hydrogen-bond donors (Lipinski definition) is 0. The van der Waals surface area contributed by atoms with Gasteiger partial charge in [0.2, 0.25) is 5.78 Å². The predicted octanol–water partition coefficient (Wildman–Crippen LogP) is 1.00. The molecule has 1 aromatic rings. The Morgan fingerprint density at radius 1 is 1.20 bits per heavy atom. The third kappa shape index (κ3) is 1.70. The van der Waals surface area contributed by atoms with E-state index in [4.69, 9.17) is 4.74 Å². The van der Waals surface area contributed by atoms with Crippen LogP contribution in [0.2, 0.25) is 0 Å². The number of nitrogens with zero attached hydrogens (tertiary/aromatic N) is 1. The number of benzene rings is 1. The van der Waals surface area contributed by atoms with Crippen LogP contribution in [-0.2, 0) is 9.59 Å². The summed E-state index contributed by atoms with van der Waals surface area (Å²) >= 11 is 0. The summed E-state index contributed by atoms with van der Waals surface area (Å²) in [7, 11) is 1.58. The molecule has 78 valence electrons. The van der Waals surface area contributed by atoms with Crippen molar-refractivity contribution in [3.8, 4) is 5.75 Å². The van der Waals surface area contributed by atoms with Gasteiger partial charge in [-0.3, -0.25) is 9.59 Å². The molecule has 0 aliphatic carbocycles. The lowest BCUT2D eigenvalue weighted by atomic mass is 10.3. The maximum atomic E-state index is 11.4. The summed E-state index contributed by atoms with van der Waals surface area (Å²) in [5.41, 5.74) is 0.742. The Balaban J connectivity index is 2.23. The third-order valence-corrected chi connectivity index (χ3v) is 2.43. The normalized spacial score (nSPS) is 15.9. The Hall–Kier alpha value is -1.84. The quantitative estimate of drug-likeness (QED) is 0.677. The van der Waals surface area contributed by atoms with Crippen LogP contribution in [0.25, 0.3) is 0 Å². The number of Topliss-reactive ketones (excluding diaryl/α,β-unsaturated/α-hetero) is 1. The number of anilines is 1. The molecule has 15 heavy (non-hydrogen) atoms. The number of ketones is 1. The van der Waals surface area contributed by atoms with Crippen molar-refractivity contribution in [2.45, 2.75) is 6.42 Å². The molecule has 1 fully saturated rings. The summed E-state index contributed by atoms with van der Waals surface area (Å²) < 4.78 is 5.01. The van der Waals surface area contributed by atoms with Crippen molar-refractivity contribution in [1.29, 1.82) is 0 Å². The topological polar surface area (TPSA) is 46.6 Å². The van der Waals surface area contributed by atoms with Crippen LogP contribution in [0.3, 0.4) is 0 Å². The Morgan fingerprint density at radius 3 is 2.33 bits per heavy atom. The van der Waals surface area contributed by atoms with E-state index >= 15 is 0 Å². The first-order chi connectivity index (χ1) is 7.22. The zero-order chi connectivity index (χ0) is 10.8. The number of rotatable bonds is 2. The predicted molar refractivity (Wildman–Crippen MR) is 55.0 cm³/mol. The smallest absolute Gasteiger partial charge is 0.294 e. The Labute approximate surface area is 87.4 Å². The van der Waals surface area contributed by atoms with Crippen LogP contribution in [-0.4, -0.2) is 25.3 Å². The number of methoxy groups -OCH3 is 1. The van der Waals surface area contributed by atoms with Gasteiger partial charge in [-0.25, -0.2) is 0 Å². The van der Waals surface area contributed by atoms with E-state index in [9.17, 15) is 9.59 Å². The Morgan fingerprint density at radius 2 is 1.87 bits per heavy atom. The largest absolute Gasteiger partial charge is 0.497 e. The van der Waals surface area contributed by atoms with Crippen LogP contribution in [0.4, 0.5) is 5.69 Å². The fourth-order valence-electron chi connectivity index (χ4n) is 1.58.